The lowest BCUT2D eigenvalue weighted by atomic mass is 10.0. The van der Waals surface area contributed by atoms with Gasteiger partial charge < -0.3 is 9.64 Å². The van der Waals surface area contributed by atoms with Crippen LogP contribution in [-0.2, 0) is 11.2 Å². The van der Waals surface area contributed by atoms with Gasteiger partial charge in [-0.2, -0.15) is 0 Å². The molecule has 0 fully saturated rings. The van der Waals surface area contributed by atoms with Gasteiger partial charge in [-0.25, -0.2) is 10.1 Å². The number of ether oxygens (including phenoxy) is 1. The van der Waals surface area contributed by atoms with Gasteiger partial charge in [-0.1, -0.05) is 36.4 Å². The highest BCUT2D eigenvalue weighted by atomic mass is 16.5. The second kappa shape index (κ2) is 8.50. The SMILES string of the molecule is [C-]#[N+]/C(C#N)=C1C=C(/C=C/c2ccc(N3CCCc4ccccc43)cc2)OCC\1. The number of hydrogen-bond donors (Lipinski definition) is 0. The summed E-state index contributed by atoms with van der Waals surface area (Å²) in [7, 11) is 0. The summed E-state index contributed by atoms with van der Waals surface area (Å²) in [4.78, 5) is 5.67. The molecule has 0 aliphatic carbocycles. The molecule has 0 amide bonds. The fourth-order valence-electron chi connectivity index (χ4n) is 3.76. The zero-order valence-electron chi connectivity index (χ0n) is 16.1. The molecule has 0 N–H and O–H groups in total. The fraction of sp³-hybridized carbons (Fsp3) is 0.200. The monoisotopic (exact) mass is 379 g/mol. The summed E-state index contributed by atoms with van der Waals surface area (Å²) in [5, 5.41) is 9.05. The number of nitrogens with zero attached hydrogens (tertiary/aromatic N) is 3. The average Bonchev–Trinajstić information content (AvgIpc) is 2.79. The van der Waals surface area contributed by atoms with Crippen molar-refractivity contribution < 1.29 is 4.74 Å². The van der Waals surface area contributed by atoms with Gasteiger partial charge in [0.1, 0.15) is 5.76 Å². The van der Waals surface area contributed by atoms with E-state index in [4.69, 9.17) is 16.6 Å². The van der Waals surface area contributed by atoms with Gasteiger partial charge in [0.2, 0.25) is 0 Å². The third-order valence-electron chi connectivity index (χ3n) is 5.23. The highest BCUT2D eigenvalue weighted by molar-refractivity contribution is 5.69. The maximum absolute atomic E-state index is 9.05. The van der Waals surface area contributed by atoms with Crippen molar-refractivity contribution >= 4 is 17.5 Å². The van der Waals surface area contributed by atoms with E-state index in [1.807, 2.05) is 18.2 Å². The Kier molecular flexibility index (Phi) is 5.45. The molecule has 2 aliphatic rings. The first-order chi connectivity index (χ1) is 14.3. The summed E-state index contributed by atoms with van der Waals surface area (Å²) < 4.78 is 5.65. The van der Waals surface area contributed by atoms with Crippen LogP contribution in [0, 0.1) is 17.9 Å². The van der Waals surface area contributed by atoms with E-state index in [1.54, 1.807) is 6.08 Å². The predicted molar refractivity (Wildman–Crippen MR) is 115 cm³/mol. The van der Waals surface area contributed by atoms with Crippen LogP contribution >= 0.6 is 0 Å². The number of allylic oxidation sites excluding steroid dienone is 3. The maximum Gasteiger partial charge on any atom is 0.265 e. The summed E-state index contributed by atoms with van der Waals surface area (Å²) in [6, 6.07) is 19.1. The van der Waals surface area contributed by atoms with Crippen molar-refractivity contribution in [1.29, 1.82) is 5.26 Å². The molecule has 0 unspecified atom stereocenters. The number of para-hydroxylation sites is 1. The molecule has 2 aliphatic heterocycles. The van der Waals surface area contributed by atoms with Gasteiger partial charge in [-0.3, -0.25) is 0 Å². The van der Waals surface area contributed by atoms with Crippen LogP contribution in [-0.4, -0.2) is 13.2 Å². The molecule has 0 aromatic heterocycles. The first-order valence-electron chi connectivity index (χ1n) is 9.77. The average molecular weight is 379 g/mol. The predicted octanol–water partition coefficient (Wildman–Crippen LogP) is 5.79. The molecule has 0 radical (unpaired) electrons. The van der Waals surface area contributed by atoms with E-state index in [0.29, 0.717) is 18.8 Å². The van der Waals surface area contributed by atoms with Crippen LogP contribution in [0.5, 0.6) is 0 Å². The summed E-state index contributed by atoms with van der Waals surface area (Å²) in [5.41, 5.74) is 5.87. The maximum atomic E-state index is 9.05. The zero-order valence-corrected chi connectivity index (χ0v) is 16.1. The van der Waals surface area contributed by atoms with Crippen molar-refractivity contribution in [3.63, 3.8) is 0 Å². The summed E-state index contributed by atoms with van der Waals surface area (Å²) in [6.45, 7) is 8.62. The number of rotatable bonds is 3. The van der Waals surface area contributed by atoms with Gasteiger partial charge in [0.25, 0.3) is 5.70 Å². The molecular weight excluding hydrogens is 358 g/mol. The Morgan fingerprint density at radius 1 is 1.10 bits per heavy atom. The first-order valence-corrected chi connectivity index (χ1v) is 9.77. The molecule has 0 saturated carbocycles. The molecule has 2 aromatic carbocycles. The van der Waals surface area contributed by atoms with Crippen LogP contribution in [0.4, 0.5) is 11.4 Å². The molecule has 4 nitrogen and oxygen atoms in total. The Morgan fingerprint density at radius 3 is 2.72 bits per heavy atom. The van der Waals surface area contributed by atoms with E-state index in [9.17, 15) is 0 Å². The topological polar surface area (TPSA) is 40.6 Å². The highest BCUT2D eigenvalue weighted by Crippen LogP contribution is 2.33. The Bertz CT molecular complexity index is 1060. The largest absolute Gasteiger partial charge is 0.493 e. The van der Waals surface area contributed by atoms with E-state index in [0.717, 1.165) is 30.5 Å². The quantitative estimate of drug-likeness (QED) is 0.501. The van der Waals surface area contributed by atoms with Crippen LogP contribution in [0.15, 0.2) is 77.7 Å². The third-order valence-corrected chi connectivity index (χ3v) is 5.23. The summed E-state index contributed by atoms with van der Waals surface area (Å²) in [6.07, 6.45) is 8.56. The fourth-order valence-corrected chi connectivity index (χ4v) is 3.76. The molecule has 4 heteroatoms. The smallest absolute Gasteiger partial charge is 0.265 e. The molecule has 4 rings (SSSR count). The lowest BCUT2D eigenvalue weighted by Crippen LogP contribution is -2.24. The van der Waals surface area contributed by atoms with Crippen molar-refractivity contribution in [3.05, 3.63) is 100 Å². The number of benzene rings is 2. The molecule has 0 spiro atoms. The van der Waals surface area contributed by atoms with Gasteiger partial charge in [-0.15, -0.1) is 0 Å². The minimum Gasteiger partial charge on any atom is -0.493 e. The standard InChI is InChI=1S/C25H21N3O/c1-27-24(18-26)21-14-16-29-23(17-21)13-10-19-8-11-22(12-9-19)28-15-4-6-20-5-2-3-7-25(20)28/h2-3,5,7-13,17H,4,6,14-16H2/b13-10+,24-21-. The van der Waals surface area contributed by atoms with Gasteiger partial charge in [0.05, 0.1) is 19.2 Å². The number of nitriles is 1. The van der Waals surface area contributed by atoms with Crippen molar-refractivity contribution in [3.8, 4) is 6.07 Å². The number of hydrogen-bond acceptors (Lipinski definition) is 3. The van der Waals surface area contributed by atoms with Gasteiger partial charge in [0, 0.05) is 17.9 Å². The second-order valence-corrected chi connectivity index (χ2v) is 7.05. The van der Waals surface area contributed by atoms with Gasteiger partial charge in [-0.05, 0) is 66.3 Å². The summed E-state index contributed by atoms with van der Waals surface area (Å²) in [5.74, 6) is 0.677. The Hall–Kier alpha value is -3.76. The first kappa shape index (κ1) is 18.6. The number of fused-ring (bicyclic) bond motifs is 1. The molecule has 0 atom stereocenters. The molecule has 2 aromatic rings. The molecular formula is C25H21N3O. The van der Waals surface area contributed by atoms with Gasteiger partial charge in [0.15, 0.2) is 0 Å². The normalized spacial score (nSPS) is 17.6. The van der Waals surface area contributed by atoms with Crippen molar-refractivity contribution in [2.75, 3.05) is 18.1 Å². The zero-order chi connectivity index (χ0) is 20.1. The molecule has 0 bridgehead atoms. The lowest BCUT2D eigenvalue weighted by Gasteiger charge is -2.31. The van der Waals surface area contributed by atoms with Gasteiger partial charge >= 0.3 is 0 Å². The summed E-state index contributed by atoms with van der Waals surface area (Å²) >= 11 is 0. The minimum absolute atomic E-state index is 0.144. The Morgan fingerprint density at radius 2 is 1.93 bits per heavy atom. The van der Waals surface area contributed by atoms with Crippen LogP contribution in [0.2, 0.25) is 0 Å². The van der Waals surface area contributed by atoms with Crippen molar-refractivity contribution in [2.45, 2.75) is 19.3 Å². The lowest BCUT2D eigenvalue weighted by molar-refractivity contribution is 0.219. The van der Waals surface area contributed by atoms with Crippen LogP contribution < -0.4 is 4.90 Å². The second-order valence-electron chi connectivity index (χ2n) is 7.05. The Balaban J connectivity index is 1.52. The molecule has 0 saturated heterocycles. The van der Waals surface area contributed by atoms with Crippen molar-refractivity contribution in [2.24, 2.45) is 0 Å². The Labute approximate surface area is 171 Å². The van der Waals surface area contributed by atoms with Crippen molar-refractivity contribution in [1.82, 2.24) is 0 Å². The van der Waals surface area contributed by atoms with E-state index < -0.39 is 0 Å². The third kappa shape index (κ3) is 4.08. The highest BCUT2D eigenvalue weighted by Gasteiger charge is 2.17. The number of aryl methyl sites for hydroxylation is 1. The molecule has 29 heavy (non-hydrogen) atoms. The van der Waals surface area contributed by atoms with Crippen LogP contribution in [0.25, 0.3) is 10.9 Å². The van der Waals surface area contributed by atoms with E-state index in [2.05, 4.69) is 58.3 Å². The number of anilines is 2. The molecule has 2 heterocycles. The van der Waals surface area contributed by atoms with Crippen LogP contribution in [0.1, 0.15) is 24.0 Å². The van der Waals surface area contributed by atoms with Crippen LogP contribution in [0.3, 0.4) is 0 Å². The van der Waals surface area contributed by atoms with E-state index >= 15 is 0 Å². The molecule has 142 valence electrons. The van der Waals surface area contributed by atoms with E-state index in [1.165, 1.54) is 16.9 Å². The minimum atomic E-state index is 0.144. The van der Waals surface area contributed by atoms with E-state index in [-0.39, 0.29) is 5.70 Å².